The summed E-state index contributed by atoms with van der Waals surface area (Å²) in [5.74, 6) is 3.19. The maximum atomic E-state index is 12.4. The van der Waals surface area contributed by atoms with Gasteiger partial charge in [-0.3, -0.25) is 10.1 Å². The maximum Gasteiger partial charge on any atom is 0.235 e. The van der Waals surface area contributed by atoms with Gasteiger partial charge in [-0.15, -0.1) is 0 Å². The van der Waals surface area contributed by atoms with Crippen molar-refractivity contribution >= 4 is 16.8 Å². The third-order valence-electron chi connectivity index (χ3n) is 5.41. The lowest BCUT2D eigenvalue weighted by atomic mass is 9.72. The molecule has 23 heavy (non-hydrogen) atoms. The number of rotatable bonds is 1. The molecule has 1 fully saturated rings. The number of piperidine rings is 1. The van der Waals surface area contributed by atoms with E-state index >= 15 is 0 Å². The van der Waals surface area contributed by atoms with Gasteiger partial charge in [0.05, 0.1) is 5.92 Å². The molecular formula is C19H21N3O. The van der Waals surface area contributed by atoms with Crippen molar-refractivity contribution in [3.63, 3.8) is 0 Å². The normalized spacial score (nSPS) is 26.3. The van der Waals surface area contributed by atoms with Gasteiger partial charge in [-0.25, -0.2) is 0 Å². The number of carbonyl (C=O) groups is 1. The molecule has 1 unspecified atom stereocenters. The van der Waals surface area contributed by atoms with Gasteiger partial charge >= 0.3 is 0 Å². The molecule has 0 spiro atoms. The van der Waals surface area contributed by atoms with Crippen LogP contribution in [-0.4, -0.2) is 35.4 Å². The van der Waals surface area contributed by atoms with Gasteiger partial charge in [-0.05, 0) is 44.0 Å². The van der Waals surface area contributed by atoms with Crippen LogP contribution in [0.5, 0.6) is 0 Å². The quantitative estimate of drug-likeness (QED) is 0.627. The maximum absolute atomic E-state index is 12.4. The first-order chi connectivity index (χ1) is 11.2. The molecule has 2 heterocycles. The standard InChI is InChI=1S/C19H21N3O/c1-3-7-20-19(23)13-8-15-14-5-4-6-16-18(14)12(10-21-16)9-17(15)22(2)11-13/h4-6,10,13,15,17,21H,8-9,11H2,1-2H3,(H,20,23)/t13?,15-,17-/m1/s1. The van der Waals surface area contributed by atoms with E-state index in [-0.39, 0.29) is 11.8 Å². The number of likely N-dealkylation sites (tertiary alicyclic amines) is 1. The zero-order valence-corrected chi connectivity index (χ0v) is 13.5. The molecule has 4 rings (SSSR count). The van der Waals surface area contributed by atoms with Crippen molar-refractivity contribution in [1.82, 2.24) is 15.2 Å². The molecule has 1 aliphatic heterocycles. The number of amides is 1. The Balaban J connectivity index is 1.70. The first-order valence-corrected chi connectivity index (χ1v) is 8.19. The summed E-state index contributed by atoms with van der Waals surface area (Å²) in [7, 11) is 2.14. The van der Waals surface area contributed by atoms with Crippen LogP contribution < -0.4 is 5.32 Å². The number of fused-ring (bicyclic) bond motifs is 2. The molecule has 0 saturated carbocycles. The number of hydrogen-bond acceptors (Lipinski definition) is 2. The highest BCUT2D eigenvalue weighted by Gasteiger charge is 2.41. The van der Waals surface area contributed by atoms with Gasteiger partial charge < -0.3 is 9.88 Å². The van der Waals surface area contributed by atoms with Crippen molar-refractivity contribution in [1.29, 1.82) is 0 Å². The van der Waals surface area contributed by atoms with E-state index in [4.69, 9.17) is 0 Å². The van der Waals surface area contributed by atoms with Crippen LogP contribution in [-0.2, 0) is 11.2 Å². The number of likely N-dealkylation sites (N-methyl/N-ethyl adjacent to an activating group) is 1. The highest BCUT2D eigenvalue weighted by atomic mass is 16.1. The van der Waals surface area contributed by atoms with Crippen LogP contribution in [0.15, 0.2) is 24.4 Å². The predicted octanol–water partition coefficient (Wildman–Crippen LogP) is 2.22. The molecule has 2 aliphatic rings. The highest BCUT2D eigenvalue weighted by molar-refractivity contribution is 5.88. The Morgan fingerprint density at radius 2 is 2.30 bits per heavy atom. The van der Waals surface area contributed by atoms with E-state index in [0.29, 0.717) is 12.0 Å². The Kier molecular flexibility index (Phi) is 3.39. The van der Waals surface area contributed by atoms with E-state index in [1.54, 1.807) is 6.92 Å². The summed E-state index contributed by atoms with van der Waals surface area (Å²) in [5, 5.41) is 4.10. The second kappa shape index (κ2) is 5.43. The monoisotopic (exact) mass is 307 g/mol. The fraction of sp³-hybridized carbons (Fsp3) is 0.421. The minimum atomic E-state index is -0.00199. The summed E-state index contributed by atoms with van der Waals surface area (Å²) in [6, 6.07) is 9.65. The molecule has 3 atom stereocenters. The summed E-state index contributed by atoms with van der Waals surface area (Å²) in [6.07, 6.45) is 4.10. The molecule has 1 aromatic heterocycles. The number of H-pyrrole nitrogens is 1. The molecule has 118 valence electrons. The molecule has 1 amide bonds. The zero-order chi connectivity index (χ0) is 16.0. The van der Waals surface area contributed by atoms with Crippen molar-refractivity contribution in [3.8, 4) is 12.0 Å². The molecule has 2 aromatic rings. The van der Waals surface area contributed by atoms with Crippen LogP contribution in [0.1, 0.15) is 30.4 Å². The Morgan fingerprint density at radius 1 is 1.43 bits per heavy atom. The summed E-state index contributed by atoms with van der Waals surface area (Å²) >= 11 is 0. The van der Waals surface area contributed by atoms with Crippen LogP contribution in [0, 0.1) is 17.9 Å². The second-order valence-corrected chi connectivity index (χ2v) is 6.70. The van der Waals surface area contributed by atoms with Gasteiger partial charge in [-0.2, -0.15) is 0 Å². The minimum absolute atomic E-state index is 0.00199. The SMILES string of the molecule is CC#CNC(=O)C1C[C@@H]2c3cccc4[nH]cc(c34)C[C@H]2N(C)C1. The average molecular weight is 307 g/mol. The Hall–Kier alpha value is -2.25. The van der Waals surface area contributed by atoms with Crippen molar-refractivity contribution in [2.24, 2.45) is 5.92 Å². The number of hydrogen-bond donors (Lipinski definition) is 2. The first kappa shape index (κ1) is 14.3. The topological polar surface area (TPSA) is 48.1 Å². The summed E-state index contributed by atoms with van der Waals surface area (Å²) in [5.41, 5.74) is 4.01. The molecule has 0 bridgehead atoms. The lowest BCUT2D eigenvalue weighted by Crippen LogP contribution is -2.51. The van der Waals surface area contributed by atoms with E-state index in [1.165, 1.54) is 22.0 Å². The molecular weight excluding hydrogens is 286 g/mol. The number of carbonyl (C=O) groups excluding carboxylic acids is 1. The fourth-order valence-electron chi connectivity index (χ4n) is 4.36. The minimum Gasteiger partial charge on any atom is -0.361 e. The van der Waals surface area contributed by atoms with Gasteiger partial charge in [-0.1, -0.05) is 18.1 Å². The van der Waals surface area contributed by atoms with E-state index < -0.39 is 0 Å². The van der Waals surface area contributed by atoms with E-state index in [9.17, 15) is 4.79 Å². The van der Waals surface area contributed by atoms with Crippen LogP contribution >= 0.6 is 0 Å². The predicted molar refractivity (Wildman–Crippen MR) is 90.9 cm³/mol. The summed E-state index contributed by atoms with van der Waals surface area (Å²) < 4.78 is 0. The molecule has 2 N–H and O–H groups in total. The van der Waals surface area contributed by atoms with Crippen molar-refractivity contribution in [2.45, 2.75) is 31.7 Å². The molecule has 4 nitrogen and oxygen atoms in total. The van der Waals surface area contributed by atoms with Crippen LogP contribution in [0.4, 0.5) is 0 Å². The number of nitrogens with one attached hydrogen (secondary N) is 2. The van der Waals surface area contributed by atoms with E-state index in [1.807, 2.05) is 0 Å². The van der Waals surface area contributed by atoms with Crippen molar-refractivity contribution in [2.75, 3.05) is 13.6 Å². The zero-order valence-electron chi connectivity index (χ0n) is 13.5. The van der Waals surface area contributed by atoms with Gasteiger partial charge in [0.15, 0.2) is 0 Å². The Labute approximate surface area is 136 Å². The molecule has 1 saturated heterocycles. The average Bonchev–Trinajstić information content (AvgIpc) is 2.98. The second-order valence-electron chi connectivity index (χ2n) is 6.70. The van der Waals surface area contributed by atoms with Crippen molar-refractivity contribution in [3.05, 3.63) is 35.5 Å². The summed E-state index contributed by atoms with van der Waals surface area (Å²) in [4.78, 5) is 18.1. The Morgan fingerprint density at radius 3 is 3.13 bits per heavy atom. The van der Waals surface area contributed by atoms with Crippen LogP contribution in [0.2, 0.25) is 0 Å². The number of aromatic nitrogens is 1. The van der Waals surface area contributed by atoms with E-state index in [2.05, 4.69) is 58.6 Å². The third-order valence-corrected chi connectivity index (χ3v) is 5.41. The largest absolute Gasteiger partial charge is 0.361 e. The first-order valence-electron chi connectivity index (χ1n) is 8.19. The molecule has 0 radical (unpaired) electrons. The lowest BCUT2D eigenvalue weighted by Gasteiger charge is -2.45. The van der Waals surface area contributed by atoms with Gasteiger partial charge in [0, 0.05) is 41.6 Å². The Bertz CT molecular complexity index is 826. The highest BCUT2D eigenvalue weighted by Crippen LogP contribution is 2.44. The van der Waals surface area contributed by atoms with Gasteiger partial charge in [0.1, 0.15) is 0 Å². The lowest BCUT2D eigenvalue weighted by molar-refractivity contribution is -0.126. The van der Waals surface area contributed by atoms with Gasteiger partial charge in [0.25, 0.3) is 0 Å². The number of nitrogens with zero attached hydrogens (tertiary/aromatic N) is 1. The van der Waals surface area contributed by atoms with Gasteiger partial charge in [0.2, 0.25) is 5.91 Å². The molecule has 1 aromatic carbocycles. The summed E-state index contributed by atoms with van der Waals surface area (Å²) in [6.45, 7) is 2.53. The molecule has 4 heteroatoms. The van der Waals surface area contributed by atoms with E-state index in [0.717, 1.165) is 19.4 Å². The number of aromatic amines is 1. The fourth-order valence-corrected chi connectivity index (χ4v) is 4.36. The van der Waals surface area contributed by atoms with Crippen molar-refractivity contribution < 1.29 is 4.79 Å². The van der Waals surface area contributed by atoms with Crippen LogP contribution in [0.3, 0.4) is 0 Å². The number of benzene rings is 1. The smallest absolute Gasteiger partial charge is 0.235 e. The third kappa shape index (κ3) is 2.24. The van der Waals surface area contributed by atoms with Crippen LogP contribution in [0.25, 0.3) is 10.9 Å². The molecule has 1 aliphatic carbocycles.